The van der Waals surface area contributed by atoms with Crippen LogP contribution in [0.3, 0.4) is 0 Å². The predicted molar refractivity (Wildman–Crippen MR) is 84.6 cm³/mol. The van der Waals surface area contributed by atoms with Crippen molar-refractivity contribution in [2.45, 2.75) is 44.2 Å². The quantitative estimate of drug-likeness (QED) is 0.757. The Balaban J connectivity index is 1.76. The van der Waals surface area contributed by atoms with Gasteiger partial charge in [0.15, 0.2) is 29.0 Å². The van der Waals surface area contributed by atoms with E-state index >= 15 is 0 Å². The minimum Gasteiger partial charge on any atom is -0.394 e. The predicted octanol–water partition coefficient (Wildman–Crippen LogP) is -0.171. The number of rotatable bonds is 4. The van der Waals surface area contributed by atoms with Crippen LogP contribution < -0.4 is 4.90 Å². The summed E-state index contributed by atoms with van der Waals surface area (Å²) in [6.45, 7) is 3.46. The molecule has 25 heavy (non-hydrogen) atoms. The molecule has 0 unspecified atom stereocenters. The van der Waals surface area contributed by atoms with Crippen molar-refractivity contribution in [2.75, 3.05) is 18.6 Å². The third-order valence-corrected chi connectivity index (χ3v) is 4.41. The first kappa shape index (κ1) is 16.3. The van der Waals surface area contributed by atoms with Gasteiger partial charge in [0, 0.05) is 7.05 Å². The molecule has 0 radical (unpaired) electrons. The molecule has 2 aliphatic heterocycles. The molecule has 1 N–H and O–H groups in total. The SMILES string of the molecule is CN(C=O)c1ncnc2c1ncn2[C@@H]1O[C@H](CO)[C@H]2OC(C)(C)O[C@H]21. The van der Waals surface area contributed by atoms with Gasteiger partial charge >= 0.3 is 0 Å². The van der Waals surface area contributed by atoms with E-state index in [1.165, 1.54) is 11.2 Å². The topological polar surface area (TPSA) is 112 Å². The van der Waals surface area contributed by atoms with Crippen molar-refractivity contribution in [1.29, 1.82) is 0 Å². The number of imidazole rings is 1. The first-order valence-electron chi connectivity index (χ1n) is 7.93. The zero-order valence-electron chi connectivity index (χ0n) is 14.1. The number of nitrogens with zero attached hydrogens (tertiary/aromatic N) is 5. The van der Waals surface area contributed by atoms with E-state index < -0.39 is 24.2 Å². The molecule has 10 heteroatoms. The number of carbonyl (C=O) groups is 1. The van der Waals surface area contributed by atoms with Crippen molar-refractivity contribution in [3.05, 3.63) is 12.7 Å². The van der Waals surface area contributed by atoms with E-state index in [0.29, 0.717) is 23.4 Å². The number of aromatic nitrogens is 4. The number of aliphatic hydroxyl groups is 1. The Morgan fingerprint density at radius 1 is 1.32 bits per heavy atom. The van der Waals surface area contributed by atoms with Crippen molar-refractivity contribution < 1.29 is 24.1 Å². The van der Waals surface area contributed by atoms with Crippen molar-refractivity contribution in [3.8, 4) is 0 Å². The maximum Gasteiger partial charge on any atom is 0.215 e. The van der Waals surface area contributed by atoms with Gasteiger partial charge in [-0.3, -0.25) is 9.36 Å². The summed E-state index contributed by atoms with van der Waals surface area (Å²) in [6.07, 6.45) is 1.72. The highest BCUT2D eigenvalue weighted by molar-refractivity contribution is 5.89. The Kier molecular flexibility index (Phi) is 3.72. The van der Waals surface area contributed by atoms with Gasteiger partial charge < -0.3 is 24.2 Å². The number of anilines is 1. The second-order valence-electron chi connectivity index (χ2n) is 6.55. The van der Waals surface area contributed by atoms with Crippen molar-refractivity contribution in [3.63, 3.8) is 0 Å². The molecule has 2 aromatic heterocycles. The molecule has 1 amide bonds. The van der Waals surface area contributed by atoms with Gasteiger partial charge in [-0.2, -0.15) is 0 Å². The van der Waals surface area contributed by atoms with E-state index in [9.17, 15) is 9.90 Å². The second kappa shape index (κ2) is 5.70. The Bertz CT molecular complexity index is 809. The van der Waals surface area contributed by atoms with E-state index in [2.05, 4.69) is 15.0 Å². The van der Waals surface area contributed by atoms with Gasteiger partial charge in [0.2, 0.25) is 6.41 Å². The molecular formula is C15H19N5O5. The highest BCUT2D eigenvalue weighted by atomic mass is 16.8. The fourth-order valence-corrected chi connectivity index (χ4v) is 3.36. The van der Waals surface area contributed by atoms with Gasteiger partial charge in [0.1, 0.15) is 24.6 Å². The van der Waals surface area contributed by atoms with Gasteiger partial charge in [0.05, 0.1) is 12.9 Å². The third-order valence-electron chi connectivity index (χ3n) is 4.41. The van der Waals surface area contributed by atoms with Crippen LogP contribution in [0.1, 0.15) is 20.1 Å². The first-order valence-corrected chi connectivity index (χ1v) is 7.93. The fourth-order valence-electron chi connectivity index (χ4n) is 3.36. The summed E-state index contributed by atoms with van der Waals surface area (Å²) in [4.78, 5) is 25.1. The summed E-state index contributed by atoms with van der Waals surface area (Å²) in [5, 5.41) is 9.60. The third kappa shape index (κ3) is 2.49. The highest BCUT2D eigenvalue weighted by Crippen LogP contribution is 2.43. The van der Waals surface area contributed by atoms with E-state index in [1.807, 2.05) is 13.8 Å². The van der Waals surface area contributed by atoms with Crippen molar-refractivity contribution in [1.82, 2.24) is 19.5 Å². The van der Waals surface area contributed by atoms with Crippen LogP contribution in [-0.2, 0) is 19.0 Å². The minimum absolute atomic E-state index is 0.183. The number of hydrogen-bond donors (Lipinski definition) is 1. The molecule has 2 aromatic rings. The molecule has 0 spiro atoms. The number of hydrogen-bond acceptors (Lipinski definition) is 8. The van der Waals surface area contributed by atoms with Gasteiger partial charge in [-0.1, -0.05) is 0 Å². The zero-order chi connectivity index (χ0) is 17.8. The highest BCUT2D eigenvalue weighted by Gasteiger charge is 2.55. The van der Waals surface area contributed by atoms with Gasteiger partial charge in [0.25, 0.3) is 0 Å². The molecular weight excluding hydrogens is 330 g/mol. The Hall–Kier alpha value is -2.14. The normalized spacial score (nSPS) is 30.6. The summed E-state index contributed by atoms with van der Waals surface area (Å²) in [5.74, 6) is -0.366. The maximum atomic E-state index is 11.1. The summed E-state index contributed by atoms with van der Waals surface area (Å²) in [6, 6.07) is 0. The molecule has 2 aliphatic rings. The molecule has 4 heterocycles. The lowest BCUT2D eigenvalue weighted by molar-refractivity contribution is -0.199. The van der Waals surface area contributed by atoms with E-state index in [-0.39, 0.29) is 12.7 Å². The van der Waals surface area contributed by atoms with E-state index in [0.717, 1.165) is 0 Å². The first-order chi connectivity index (χ1) is 11.9. The number of ether oxygens (including phenoxy) is 3. The van der Waals surface area contributed by atoms with Crippen LogP contribution >= 0.6 is 0 Å². The largest absolute Gasteiger partial charge is 0.394 e. The standard InChI is InChI=1S/C15H19N5O5/c1-15(2)24-10-8(4-21)23-14(11(10)25-15)20-6-18-9-12(19(3)7-22)16-5-17-13(9)20/h5-8,10-11,14,21H,4H2,1-3H3/t8-,10-,11-,14-/m1/s1. The summed E-state index contributed by atoms with van der Waals surface area (Å²) < 4.78 is 19.5. The van der Waals surface area contributed by atoms with Crippen LogP contribution in [0, 0.1) is 0 Å². The number of aliphatic hydroxyl groups excluding tert-OH is 1. The zero-order valence-corrected chi connectivity index (χ0v) is 14.1. The lowest BCUT2D eigenvalue weighted by Gasteiger charge is -2.24. The van der Waals surface area contributed by atoms with Crippen LogP contribution in [0.5, 0.6) is 0 Å². The fraction of sp³-hybridized carbons (Fsp3) is 0.600. The second-order valence-corrected chi connectivity index (χ2v) is 6.55. The van der Waals surface area contributed by atoms with Crippen LogP contribution in [0.4, 0.5) is 5.82 Å². The molecule has 134 valence electrons. The van der Waals surface area contributed by atoms with Gasteiger partial charge in [-0.15, -0.1) is 0 Å². The monoisotopic (exact) mass is 349 g/mol. The number of fused-ring (bicyclic) bond motifs is 2. The Morgan fingerprint density at radius 3 is 2.80 bits per heavy atom. The average Bonchev–Trinajstić information content (AvgIpc) is 3.24. The summed E-state index contributed by atoms with van der Waals surface area (Å²) in [5.41, 5.74) is 0.984. The van der Waals surface area contributed by atoms with Crippen LogP contribution in [0.25, 0.3) is 11.2 Å². The molecule has 2 saturated heterocycles. The van der Waals surface area contributed by atoms with Crippen LogP contribution in [0.2, 0.25) is 0 Å². The molecule has 4 rings (SSSR count). The number of amides is 1. The molecule has 4 atom stereocenters. The molecule has 0 bridgehead atoms. The van der Waals surface area contributed by atoms with Crippen molar-refractivity contribution in [2.24, 2.45) is 0 Å². The van der Waals surface area contributed by atoms with Gasteiger partial charge in [-0.05, 0) is 13.8 Å². The molecule has 0 saturated carbocycles. The van der Waals surface area contributed by atoms with Gasteiger partial charge in [-0.25, -0.2) is 15.0 Å². The van der Waals surface area contributed by atoms with E-state index in [1.54, 1.807) is 17.9 Å². The average molecular weight is 349 g/mol. The minimum atomic E-state index is -0.765. The molecule has 0 aliphatic carbocycles. The van der Waals surface area contributed by atoms with Crippen LogP contribution in [0.15, 0.2) is 12.7 Å². The van der Waals surface area contributed by atoms with E-state index in [4.69, 9.17) is 14.2 Å². The number of carbonyl (C=O) groups excluding carboxylic acids is 1. The summed E-state index contributed by atoms with van der Waals surface area (Å²) >= 11 is 0. The Labute approximate surface area is 143 Å². The maximum absolute atomic E-state index is 11.1. The lowest BCUT2D eigenvalue weighted by Crippen LogP contribution is -2.31. The van der Waals surface area contributed by atoms with Crippen molar-refractivity contribution >= 4 is 23.4 Å². The Morgan fingerprint density at radius 2 is 2.08 bits per heavy atom. The summed E-state index contributed by atoms with van der Waals surface area (Å²) in [7, 11) is 1.59. The van der Waals surface area contributed by atoms with Crippen LogP contribution in [-0.4, -0.2) is 68.8 Å². The molecule has 10 nitrogen and oxygen atoms in total. The molecule has 2 fully saturated rings. The smallest absolute Gasteiger partial charge is 0.215 e. The molecule has 0 aromatic carbocycles. The lowest BCUT2D eigenvalue weighted by atomic mass is 10.1.